The number of carbonyl (C=O) groups is 2. The van der Waals surface area contributed by atoms with E-state index < -0.39 is 35.9 Å². The summed E-state index contributed by atoms with van der Waals surface area (Å²) in [5, 5.41) is 0. The Morgan fingerprint density at radius 3 is 2.49 bits per heavy atom. The summed E-state index contributed by atoms with van der Waals surface area (Å²) in [6.07, 6.45) is -2.14. The van der Waals surface area contributed by atoms with Crippen LogP contribution in [0.15, 0.2) is 54.2 Å². The maximum atomic E-state index is 13.6. The second kappa shape index (κ2) is 12.2. The van der Waals surface area contributed by atoms with Crippen molar-refractivity contribution in [3.8, 4) is 17.1 Å². The highest BCUT2D eigenvalue weighted by molar-refractivity contribution is 5.89. The molecule has 2 atom stereocenters. The predicted octanol–water partition coefficient (Wildman–Crippen LogP) is 7.81. The van der Waals surface area contributed by atoms with Gasteiger partial charge in [0.05, 0.1) is 37.6 Å². The minimum Gasteiger partial charge on any atom is -0.493 e. The van der Waals surface area contributed by atoms with Crippen molar-refractivity contribution < 1.29 is 37.0 Å². The number of ether oxygens (including phenoxy) is 3. The lowest BCUT2D eigenvalue weighted by atomic mass is 9.73. The largest absolute Gasteiger partial charge is 0.493 e. The van der Waals surface area contributed by atoms with Crippen molar-refractivity contribution in [2.24, 2.45) is 5.41 Å². The van der Waals surface area contributed by atoms with E-state index >= 15 is 0 Å². The Hall–Kier alpha value is -4.41. The number of hydrogen-bond donors (Lipinski definition) is 0. The fourth-order valence-corrected chi connectivity index (χ4v) is 6.10. The predicted molar refractivity (Wildman–Crippen MR) is 161 cm³/mol. The fourth-order valence-electron chi connectivity index (χ4n) is 6.10. The molecule has 1 aromatic heterocycles. The van der Waals surface area contributed by atoms with Crippen molar-refractivity contribution in [2.45, 2.75) is 65.3 Å². The number of halogens is 3. The molecule has 2 aliphatic rings. The summed E-state index contributed by atoms with van der Waals surface area (Å²) < 4.78 is 56.9. The number of rotatable bonds is 7. The van der Waals surface area contributed by atoms with Gasteiger partial charge in [-0.2, -0.15) is 13.2 Å². The van der Waals surface area contributed by atoms with Gasteiger partial charge < -0.3 is 14.2 Å². The lowest BCUT2D eigenvalue weighted by Gasteiger charge is -2.35. The van der Waals surface area contributed by atoms with Gasteiger partial charge in [0.2, 0.25) is 0 Å². The van der Waals surface area contributed by atoms with E-state index in [1.54, 1.807) is 62.4 Å². The highest BCUT2D eigenvalue weighted by Crippen LogP contribution is 2.45. The van der Waals surface area contributed by atoms with Gasteiger partial charge in [-0.3, -0.25) is 4.90 Å². The Morgan fingerprint density at radius 1 is 1.13 bits per heavy atom. The van der Waals surface area contributed by atoms with Crippen LogP contribution in [0.4, 0.5) is 18.0 Å². The molecule has 45 heavy (non-hydrogen) atoms. The van der Waals surface area contributed by atoms with Crippen LogP contribution in [-0.4, -0.2) is 53.7 Å². The van der Waals surface area contributed by atoms with Crippen LogP contribution < -0.4 is 4.74 Å². The van der Waals surface area contributed by atoms with Gasteiger partial charge in [-0.05, 0) is 79.5 Å². The van der Waals surface area contributed by atoms with Gasteiger partial charge in [-0.1, -0.05) is 37.6 Å². The average molecular weight is 624 g/mol. The number of methoxy groups -OCH3 is 2. The van der Waals surface area contributed by atoms with Crippen molar-refractivity contribution in [1.29, 1.82) is 0 Å². The summed E-state index contributed by atoms with van der Waals surface area (Å²) in [5.41, 5.74) is 3.52. The summed E-state index contributed by atoms with van der Waals surface area (Å²) in [6, 6.07) is 10.0. The molecular weight excluding hydrogens is 587 g/mol. The van der Waals surface area contributed by atoms with Gasteiger partial charge in [0.15, 0.2) is 11.6 Å². The van der Waals surface area contributed by atoms with E-state index in [4.69, 9.17) is 19.2 Å². The second-order valence-corrected chi connectivity index (χ2v) is 12.4. The van der Waals surface area contributed by atoms with Gasteiger partial charge in [0, 0.05) is 12.1 Å². The number of aromatic nitrogens is 2. The maximum Gasteiger partial charge on any atom is 0.416 e. The number of esters is 1. The zero-order valence-corrected chi connectivity index (χ0v) is 26.1. The Labute approximate surface area is 260 Å². The number of nitrogens with zero attached hydrogens (tertiary/aromatic N) is 3. The molecule has 0 N–H and O–H groups in total. The SMILES string of the molecule is COC(=O)c1ccc(-c2ncc(OC)c(C3=C(CN4C(=O)O[C@H](c5cc(C)cc(C(F)(F)F)c5)[C@@H]4C)CC(C)(C)CC3)n2)cc1. The van der Waals surface area contributed by atoms with Crippen LogP contribution >= 0.6 is 0 Å². The smallest absolute Gasteiger partial charge is 0.416 e. The highest BCUT2D eigenvalue weighted by atomic mass is 19.4. The molecule has 3 aromatic rings. The zero-order valence-electron chi connectivity index (χ0n) is 26.1. The molecule has 1 amide bonds. The van der Waals surface area contributed by atoms with E-state index in [0.717, 1.165) is 29.7 Å². The van der Waals surface area contributed by atoms with Gasteiger partial charge in [0.1, 0.15) is 11.8 Å². The van der Waals surface area contributed by atoms with Crippen LogP contribution in [0, 0.1) is 12.3 Å². The third-order valence-electron chi connectivity index (χ3n) is 8.50. The second-order valence-electron chi connectivity index (χ2n) is 12.4. The highest BCUT2D eigenvalue weighted by Gasteiger charge is 2.42. The standard InChI is InChI=1S/C34H36F3N3O5/c1-19-13-23(15-25(14-19)34(35,36)37)29-20(2)40(32(42)45-29)18-24-16-33(3,4)12-11-26(24)28-27(43-5)17-38-30(39-28)21-7-9-22(10-8-21)31(41)44-6/h7-10,13-15,17,20,29H,11-12,16,18H2,1-6H3/t20-,29-/m0/s1. The number of alkyl halides is 3. The van der Waals surface area contributed by atoms with Crippen LogP contribution in [0.25, 0.3) is 17.0 Å². The van der Waals surface area contributed by atoms with E-state index in [0.29, 0.717) is 52.4 Å². The molecule has 0 bridgehead atoms. The molecule has 1 aliphatic heterocycles. The topological polar surface area (TPSA) is 90.9 Å². The minimum atomic E-state index is -4.52. The van der Waals surface area contributed by atoms with Crippen LogP contribution in [0.5, 0.6) is 5.75 Å². The first-order valence-corrected chi connectivity index (χ1v) is 14.7. The van der Waals surface area contributed by atoms with E-state index in [1.807, 2.05) is 0 Å². The zero-order chi connectivity index (χ0) is 32.7. The van der Waals surface area contributed by atoms with Crippen molar-refractivity contribution in [1.82, 2.24) is 14.9 Å². The van der Waals surface area contributed by atoms with Crippen molar-refractivity contribution in [3.63, 3.8) is 0 Å². The van der Waals surface area contributed by atoms with E-state index in [-0.39, 0.29) is 12.0 Å². The number of allylic oxidation sites excluding steroid dienone is 1. The number of hydrogen-bond acceptors (Lipinski definition) is 7. The van der Waals surface area contributed by atoms with Gasteiger partial charge in [-0.15, -0.1) is 0 Å². The molecule has 1 fully saturated rings. The molecule has 2 heterocycles. The van der Waals surface area contributed by atoms with Crippen molar-refractivity contribution >= 4 is 17.6 Å². The lowest BCUT2D eigenvalue weighted by Crippen LogP contribution is -2.35. The van der Waals surface area contributed by atoms with Crippen LogP contribution in [0.3, 0.4) is 0 Å². The Bertz CT molecular complexity index is 1650. The van der Waals surface area contributed by atoms with Crippen LogP contribution in [0.2, 0.25) is 0 Å². The van der Waals surface area contributed by atoms with Crippen molar-refractivity contribution in [2.75, 3.05) is 20.8 Å². The first-order chi connectivity index (χ1) is 21.2. The minimum absolute atomic E-state index is 0.0595. The molecule has 11 heteroatoms. The molecule has 1 aliphatic carbocycles. The number of cyclic esters (lactones) is 1. The lowest BCUT2D eigenvalue weighted by molar-refractivity contribution is -0.137. The molecule has 0 unspecified atom stereocenters. The monoisotopic (exact) mass is 623 g/mol. The molecule has 5 rings (SSSR count). The summed E-state index contributed by atoms with van der Waals surface area (Å²) in [7, 11) is 2.86. The quantitative estimate of drug-likeness (QED) is 0.248. The number of aryl methyl sites for hydroxylation is 1. The Morgan fingerprint density at radius 2 is 1.84 bits per heavy atom. The Kier molecular flexibility index (Phi) is 8.66. The van der Waals surface area contributed by atoms with Crippen LogP contribution in [-0.2, 0) is 15.7 Å². The number of amides is 1. The normalized spacial score (nSPS) is 19.8. The van der Waals surface area contributed by atoms with Gasteiger partial charge >= 0.3 is 18.2 Å². The van der Waals surface area contributed by atoms with E-state index in [1.165, 1.54) is 7.11 Å². The molecule has 0 spiro atoms. The van der Waals surface area contributed by atoms with Crippen molar-refractivity contribution in [3.05, 3.63) is 82.2 Å². The Balaban J connectivity index is 1.51. The number of carbonyl (C=O) groups excluding carboxylic acids is 2. The molecule has 8 nitrogen and oxygen atoms in total. The van der Waals surface area contributed by atoms with Crippen LogP contribution in [0.1, 0.15) is 78.9 Å². The third-order valence-corrected chi connectivity index (χ3v) is 8.50. The van der Waals surface area contributed by atoms with E-state index in [9.17, 15) is 22.8 Å². The molecule has 2 aromatic carbocycles. The molecule has 1 saturated heterocycles. The molecule has 238 valence electrons. The van der Waals surface area contributed by atoms with Gasteiger partial charge in [-0.25, -0.2) is 19.6 Å². The first-order valence-electron chi connectivity index (χ1n) is 14.7. The number of benzene rings is 2. The molecular formula is C34H36F3N3O5. The molecule has 0 radical (unpaired) electrons. The maximum absolute atomic E-state index is 13.6. The average Bonchev–Trinajstić information content (AvgIpc) is 3.28. The fraction of sp³-hybridized carbons (Fsp3) is 0.412. The third kappa shape index (κ3) is 6.67. The van der Waals surface area contributed by atoms with Gasteiger partial charge in [0.25, 0.3) is 0 Å². The molecule has 0 saturated carbocycles. The summed E-state index contributed by atoms with van der Waals surface area (Å²) >= 11 is 0. The first kappa shape index (κ1) is 32.0. The van der Waals surface area contributed by atoms with E-state index in [2.05, 4.69) is 18.8 Å². The summed E-state index contributed by atoms with van der Waals surface area (Å²) in [6.45, 7) is 7.94. The summed E-state index contributed by atoms with van der Waals surface area (Å²) in [5.74, 6) is 0.469. The summed E-state index contributed by atoms with van der Waals surface area (Å²) in [4.78, 5) is 36.1.